The number of amidine groups is 1. The molecule has 4 aromatic rings. The molecule has 1 fully saturated rings. The Morgan fingerprint density at radius 1 is 0.886 bits per heavy atom. The first-order valence-electron chi connectivity index (χ1n) is 10.6. The van der Waals surface area contributed by atoms with Gasteiger partial charge < -0.3 is 4.42 Å². The van der Waals surface area contributed by atoms with Crippen molar-refractivity contribution >= 4 is 40.3 Å². The van der Waals surface area contributed by atoms with Gasteiger partial charge >= 0.3 is 6.18 Å². The first-order valence-corrected chi connectivity index (χ1v) is 11.4. The second-order valence-electron chi connectivity index (χ2n) is 7.64. The van der Waals surface area contributed by atoms with E-state index in [4.69, 9.17) is 4.42 Å². The van der Waals surface area contributed by atoms with Crippen LogP contribution >= 0.6 is 11.8 Å². The molecule has 8 heteroatoms. The number of rotatable bonds is 4. The minimum absolute atomic E-state index is 0.252. The number of hydrogen-bond acceptors (Lipinski definition) is 4. The minimum atomic E-state index is -4.45. The molecular formula is C27H17F3N2O2S. The van der Waals surface area contributed by atoms with Crippen LogP contribution in [-0.2, 0) is 11.0 Å². The number of alkyl halides is 3. The van der Waals surface area contributed by atoms with Crippen LogP contribution in [0.5, 0.6) is 0 Å². The summed E-state index contributed by atoms with van der Waals surface area (Å²) in [6.07, 6.45) is -1.39. The fourth-order valence-corrected chi connectivity index (χ4v) is 4.55. The maximum Gasteiger partial charge on any atom is 0.416 e. The molecule has 0 spiro atoms. The predicted octanol–water partition coefficient (Wildman–Crippen LogP) is 7.77. The Morgan fingerprint density at radius 2 is 1.60 bits per heavy atom. The molecule has 0 unspecified atom stereocenters. The van der Waals surface area contributed by atoms with Gasteiger partial charge in [0.2, 0.25) is 0 Å². The Hall–Kier alpha value is -4.04. The van der Waals surface area contributed by atoms with Crippen molar-refractivity contribution in [1.82, 2.24) is 0 Å². The number of para-hydroxylation sites is 2. The number of aliphatic imine (C=N–C) groups is 1. The summed E-state index contributed by atoms with van der Waals surface area (Å²) in [5.74, 6) is 0.0224. The summed E-state index contributed by atoms with van der Waals surface area (Å²) in [6, 6.07) is 25.0. The largest absolute Gasteiger partial charge is 0.464 e. The molecule has 1 aromatic heterocycles. The highest BCUT2D eigenvalue weighted by molar-refractivity contribution is 8.19. The summed E-state index contributed by atoms with van der Waals surface area (Å²) < 4.78 is 44.7. The number of furan rings is 1. The van der Waals surface area contributed by atoms with Crippen LogP contribution in [0.15, 0.2) is 112 Å². The SMILES string of the molecule is O=C1/C(=C\c2coc(-c3cccc(C(F)(F)F)c3)c2)SC(=Nc2ccccc2)N1c1ccccc1. The van der Waals surface area contributed by atoms with Crippen LogP contribution < -0.4 is 4.90 Å². The number of halogens is 3. The van der Waals surface area contributed by atoms with Crippen LogP contribution in [0.2, 0.25) is 0 Å². The van der Waals surface area contributed by atoms with Crippen LogP contribution in [0.3, 0.4) is 0 Å². The Kier molecular flexibility index (Phi) is 6.05. The monoisotopic (exact) mass is 490 g/mol. The molecule has 0 bridgehead atoms. The third-order valence-corrected chi connectivity index (χ3v) is 6.16. The second kappa shape index (κ2) is 9.31. The van der Waals surface area contributed by atoms with E-state index < -0.39 is 11.7 Å². The summed E-state index contributed by atoms with van der Waals surface area (Å²) in [7, 11) is 0. The maximum absolute atomic E-state index is 13.3. The lowest BCUT2D eigenvalue weighted by atomic mass is 10.1. The van der Waals surface area contributed by atoms with Gasteiger partial charge in [0.15, 0.2) is 5.17 Å². The van der Waals surface area contributed by atoms with E-state index >= 15 is 0 Å². The Bertz CT molecular complexity index is 1430. The summed E-state index contributed by atoms with van der Waals surface area (Å²) in [5, 5.41) is 0.500. The van der Waals surface area contributed by atoms with Crippen molar-refractivity contribution in [3.05, 3.63) is 113 Å². The fourth-order valence-electron chi connectivity index (χ4n) is 3.54. The molecule has 1 saturated heterocycles. The third-order valence-electron chi connectivity index (χ3n) is 5.19. The smallest absolute Gasteiger partial charge is 0.416 e. The molecule has 0 radical (unpaired) electrons. The van der Waals surface area contributed by atoms with Gasteiger partial charge in [0, 0.05) is 11.1 Å². The number of amides is 1. The number of carbonyl (C=O) groups excluding carboxylic acids is 1. The van der Waals surface area contributed by atoms with Gasteiger partial charge in [0.25, 0.3) is 5.91 Å². The van der Waals surface area contributed by atoms with Crippen LogP contribution in [0, 0.1) is 0 Å². The quantitative estimate of drug-likeness (QED) is 0.275. The maximum atomic E-state index is 13.3. The number of thioether (sulfide) groups is 1. The molecule has 1 amide bonds. The number of anilines is 1. The van der Waals surface area contributed by atoms with Gasteiger partial charge in [-0.25, -0.2) is 4.99 Å². The Balaban J connectivity index is 1.48. The highest BCUT2D eigenvalue weighted by atomic mass is 32.2. The summed E-state index contributed by atoms with van der Waals surface area (Å²) in [5.41, 5.74) is 1.49. The molecule has 0 aliphatic carbocycles. The predicted molar refractivity (Wildman–Crippen MR) is 132 cm³/mol. The van der Waals surface area contributed by atoms with Gasteiger partial charge in [-0.15, -0.1) is 0 Å². The van der Waals surface area contributed by atoms with Crippen LogP contribution in [0.25, 0.3) is 17.4 Å². The summed E-state index contributed by atoms with van der Waals surface area (Å²) >= 11 is 1.22. The molecular weight excluding hydrogens is 473 g/mol. The lowest BCUT2D eigenvalue weighted by Crippen LogP contribution is -2.28. The van der Waals surface area contributed by atoms with E-state index in [1.165, 1.54) is 29.0 Å². The highest BCUT2D eigenvalue weighted by Gasteiger charge is 2.35. The molecule has 35 heavy (non-hydrogen) atoms. The van der Waals surface area contributed by atoms with Gasteiger partial charge in [-0.3, -0.25) is 9.69 Å². The summed E-state index contributed by atoms with van der Waals surface area (Å²) in [6.45, 7) is 0. The Labute approximate surface area is 203 Å². The molecule has 1 aliphatic rings. The number of hydrogen-bond donors (Lipinski definition) is 0. The number of benzene rings is 3. The van der Waals surface area contributed by atoms with Crippen molar-refractivity contribution in [3.63, 3.8) is 0 Å². The first kappa shape index (κ1) is 22.7. The zero-order valence-corrected chi connectivity index (χ0v) is 18.9. The average Bonchev–Trinajstić information content (AvgIpc) is 3.44. The van der Waals surface area contributed by atoms with Crippen molar-refractivity contribution in [2.45, 2.75) is 6.18 Å². The number of carbonyl (C=O) groups is 1. The van der Waals surface area contributed by atoms with Gasteiger partial charge in [0.1, 0.15) is 5.76 Å². The highest BCUT2D eigenvalue weighted by Crippen LogP contribution is 2.38. The van der Waals surface area contributed by atoms with Gasteiger partial charge in [-0.2, -0.15) is 13.2 Å². The van der Waals surface area contributed by atoms with E-state index in [0.29, 0.717) is 32.6 Å². The Morgan fingerprint density at radius 3 is 2.31 bits per heavy atom. The van der Waals surface area contributed by atoms with E-state index in [-0.39, 0.29) is 11.7 Å². The lowest BCUT2D eigenvalue weighted by molar-refractivity contribution is -0.137. The molecule has 0 atom stereocenters. The van der Waals surface area contributed by atoms with Gasteiger partial charge in [0.05, 0.1) is 28.1 Å². The first-order chi connectivity index (χ1) is 16.9. The van der Waals surface area contributed by atoms with Crippen LogP contribution in [0.4, 0.5) is 24.5 Å². The van der Waals surface area contributed by atoms with Crippen molar-refractivity contribution in [1.29, 1.82) is 0 Å². The standard InChI is InChI=1S/C27H17F3N2O2S/c28-27(29,30)20-9-7-8-19(16-20)23-14-18(17-34-23)15-24-25(33)32(22-12-5-2-6-13-22)26(35-24)31-21-10-3-1-4-11-21/h1-17H/b24-15+,31-26?. The molecule has 2 heterocycles. The van der Waals surface area contributed by atoms with E-state index in [2.05, 4.69) is 4.99 Å². The summed E-state index contributed by atoms with van der Waals surface area (Å²) in [4.78, 5) is 20.0. The molecule has 174 valence electrons. The topological polar surface area (TPSA) is 45.8 Å². The van der Waals surface area contributed by atoms with E-state index in [1.807, 2.05) is 60.7 Å². The zero-order valence-electron chi connectivity index (χ0n) is 18.1. The number of nitrogens with zero attached hydrogens (tertiary/aromatic N) is 2. The molecule has 0 N–H and O–H groups in total. The van der Waals surface area contributed by atoms with Gasteiger partial charge in [-0.1, -0.05) is 48.5 Å². The van der Waals surface area contributed by atoms with E-state index in [9.17, 15) is 18.0 Å². The molecule has 1 aliphatic heterocycles. The van der Waals surface area contributed by atoms with Gasteiger partial charge in [-0.05, 0) is 60.3 Å². The van der Waals surface area contributed by atoms with Crippen molar-refractivity contribution < 1.29 is 22.4 Å². The minimum Gasteiger partial charge on any atom is -0.464 e. The normalized spacial score (nSPS) is 16.4. The van der Waals surface area contributed by atoms with Crippen molar-refractivity contribution in [3.8, 4) is 11.3 Å². The molecule has 3 aromatic carbocycles. The average molecular weight is 491 g/mol. The van der Waals surface area contributed by atoms with Crippen molar-refractivity contribution in [2.24, 2.45) is 4.99 Å². The molecule has 0 saturated carbocycles. The second-order valence-corrected chi connectivity index (χ2v) is 8.65. The lowest BCUT2D eigenvalue weighted by Gasteiger charge is -2.15. The van der Waals surface area contributed by atoms with Crippen LogP contribution in [0.1, 0.15) is 11.1 Å². The van der Waals surface area contributed by atoms with E-state index in [1.54, 1.807) is 18.2 Å². The fraction of sp³-hybridized carbons (Fsp3) is 0.0370. The van der Waals surface area contributed by atoms with E-state index in [0.717, 1.165) is 12.1 Å². The third kappa shape index (κ3) is 4.93. The molecule has 4 nitrogen and oxygen atoms in total. The van der Waals surface area contributed by atoms with Crippen molar-refractivity contribution in [2.75, 3.05) is 4.90 Å². The zero-order chi connectivity index (χ0) is 24.4. The van der Waals surface area contributed by atoms with Crippen LogP contribution in [-0.4, -0.2) is 11.1 Å². The molecule has 5 rings (SSSR count).